The molecule has 0 spiro atoms. The number of halogens is 1. The highest BCUT2D eigenvalue weighted by Crippen LogP contribution is 2.21. The Morgan fingerprint density at radius 3 is 2.47 bits per heavy atom. The van der Waals surface area contributed by atoms with Gasteiger partial charge in [0.15, 0.2) is 0 Å². The lowest BCUT2D eigenvalue weighted by Gasteiger charge is -2.26. The van der Waals surface area contributed by atoms with Gasteiger partial charge in [0.05, 0.1) is 5.69 Å². The summed E-state index contributed by atoms with van der Waals surface area (Å²) >= 11 is 0. The minimum Gasteiger partial charge on any atom is -0.369 e. The number of anilines is 1. The second kappa shape index (κ2) is 8.16. The fraction of sp³-hybridized carbons (Fsp3) is 0.625. The van der Waals surface area contributed by atoms with Crippen LogP contribution >= 0.6 is 0 Å². The van der Waals surface area contributed by atoms with E-state index < -0.39 is 0 Å². The van der Waals surface area contributed by atoms with E-state index in [9.17, 15) is 4.39 Å². The van der Waals surface area contributed by atoms with Crippen LogP contribution in [0.5, 0.6) is 0 Å². The summed E-state index contributed by atoms with van der Waals surface area (Å²) in [5.41, 5.74) is 6.52. The lowest BCUT2D eigenvalue weighted by Crippen LogP contribution is -2.28. The van der Waals surface area contributed by atoms with Crippen molar-refractivity contribution in [2.45, 2.75) is 33.6 Å². The number of hydrogen-bond acceptors (Lipinski definition) is 2. The third-order valence-corrected chi connectivity index (χ3v) is 3.52. The van der Waals surface area contributed by atoms with Crippen molar-refractivity contribution < 1.29 is 4.39 Å². The van der Waals surface area contributed by atoms with Crippen molar-refractivity contribution in [3.05, 3.63) is 30.1 Å². The van der Waals surface area contributed by atoms with E-state index in [0.29, 0.717) is 24.1 Å². The van der Waals surface area contributed by atoms with E-state index in [1.54, 1.807) is 6.07 Å². The van der Waals surface area contributed by atoms with Crippen molar-refractivity contribution >= 4 is 5.69 Å². The first-order chi connectivity index (χ1) is 9.08. The van der Waals surface area contributed by atoms with Crippen LogP contribution in [0.15, 0.2) is 24.3 Å². The molecule has 0 aliphatic carbocycles. The van der Waals surface area contributed by atoms with Crippen LogP contribution in [0.2, 0.25) is 0 Å². The molecular weight excluding hydrogens is 239 g/mol. The van der Waals surface area contributed by atoms with E-state index in [4.69, 9.17) is 5.73 Å². The molecule has 3 heteroatoms. The van der Waals surface area contributed by atoms with Gasteiger partial charge in [-0.25, -0.2) is 4.39 Å². The van der Waals surface area contributed by atoms with E-state index in [1.165, 1.54) is 6.07 Å². The highest BCUT2D eigenvalue weighted by molar-refractivity contribution is 5.47. The zero-order chi connectivity index (χ0) is 14.3. The van der Waals surface area contributed by atoms with Gasteiger partial charge in [0, 0.05) is 13.1 Å². The van der Waals surface area contributed by atoms with Gasteiger partial charge < -0.3 is 10.6 Å². The fourth-order valence-corrected chi connectivity index (χ4v) is 2.49. The molecule has 19 heavy (non-hydrogen) atoms. The maximum absolute atomic E-state index is 13.8. The van der Waals surface area contributed by atoms with Gasteiger partial charge in [0.2, 0.25) is 0 Å². The largest absolute Gasteiger partial charge is 0.369 e. The number of nitrogens with two attached hydrogens (primary N) is 1. The first-order valence-corrected chi connectivity index (χ1v) is 7.28. The maximum atomic E-state index is 13.8. The molecule has 0 heterocycles. The lowest BCUT2D eigenvalue weighted by atomic mass is 9.94. The molecule has 1 unspecified atom stereocenters. The summed E-state index contributed by atoms with van der Waals surface area (Å²) in [5.74, 6) is 1.05. The van der Waals surface area contributed by atoms with Crippen LogP contribution in [0.3, 0.4) is 0 Å². The molecule has 0 radical (unpaired) electrons. The molecule has 0 saturated carbocycles. The lowest BCUT2D eigenvalue weighted by molar-refractivity contribution is 0.394. The van der Waals surface area contributed by atoms with E-state index in [1.807, 2.05) is 12.1 Å². The normalized spacial score (nSPS) is 12.7. The molecular formula is C16H27FN2. The van der Waals surface area contributed by atoms with Crippen molar-refractivity contribution in [3.63, 3.8) is 0 Å². The van der Waals surface area contributed by atoms with Crippen LogP contribution in [-0.2, 0) is 0 Å². The third kappa shape index (κ3) is 5.19. The predicted octanol–water partition coefficient (Wildman–Crippen LogP) is 3.66. The third-order valence-electron chi connectivity index (χ3n) is 3.52. The Morgan fingerprint density at radius 1 is 1.26 bits per heavy atom. The Morgan fingerprint density at radius 2 is 1.95 bits per heavy atom. The molecule has 0 amide bonds. The molecule has 0 saturated heterocycles. The zero-order valence-electron chi connectivity index (χ0n) is 12.4. The highest BCUT2D eigenvalue weighted by atomic mass is 19.1. The first-order valence-electron chi connectivity index (χ1n) is 7.28. The van der Waals surface area contributed by atoms with Gasteiger partial charge in [-0.15, -0.1) is 0 Å². The SMILES string of the molecule is CCN(CCC(CN)CC(C)C)c1ccccc1F. The van der Waals surface area contributed by atoms with E-state index >= 15 is 0 Å². The predicted molar refractivity (Wildman–Crippen MR) is 80.9 cm³/mol. The maximum Gasteiger partial charge on any atom is 0.146 e. The molecule has 108 valence electrons. The quantitative estimate of drug-likeness (QED) is 0.778. The zero-order valence-corrected chi connectivity index (χ0v) is 12.4. The summed E-state index contributed by atoms with van der Waals surface area (Å²) in [6.45, 7) is 8.90. The molecule has 1 aromatic rings. The average Bonchev–Trinajstić information content (AvgIpc) is 2.39. The van der Waals surface area contributed by atoms with Gasteiger partial charge in [-0.3, -0.25) is 0 Å². The van der Waals surface area contributed by atoms with Crippen molar-refractivity contribution in [1.82, 2.24) is 0 Å². The Kier molecular flexibility index (Phi) is 6.85. The van der Waals surface area contributed by atoms with Crippen molar-refractivity contribution in [2.75, 3.05) is 24.5 Å². The second-order valence-corrected chi connectivity index (χ2v) is 5.55. The smallest absolute Gasteiger partial charge is 0.146 e. The van der Waals surface area contributed by atoms with Crippen LogP contribution in [0.25, 0.3) is 0 Å². The minimum absolute atomic E-state index is 0.141. The molecule has 1 aromatic carbocycles. The van der Waals surface area contributed by atoms with E-state index in [0.717, 1.165) is 25.9 Å². The summed E-state index contributed by atoms with van der Waals surface area (Å²) in [7, 11) is 0. The first kappa shape index (κ1) is 16.0. The summed E-state index contributed by atoms with van der Waals surface area (Å²) < 4.78 is 13.8. The number of rotatable bonds is 8. The van der Waals surface area contributed by atoms with Crippen LogP contribution in [0, 0.1) is 17.7 Å². The van der Waals surface area contributed by atoms with Crippen LogP contribution in [0.1, 0.15) is 33.6 Å². The second-order valence-electron chi connectivity index (χ2n) is 5.55. The van der Waals surface area contributed by atoms with Crippen LogP contribution in [-0.4, -0.2) is 19.6 Å². The van der Waals surface area contributed by atoms with Crippen molar-refractivity contribution in [1.29, 1.82) is 0 Å². The number of nitrogens with zero attached hydrogens (tertiary/aromatic N) is 1. The summed E-state index contributed by atoms with van der Waals surface area (Å²) in [5, 5.41) is 0. The monoisotopic (exact) mass is 266 g/mol. The number of para-hydroxylation sites is 1. The van der Waals surface area contributed by atoms with Gasteiger partial charge in [-0.05, 0) is 50.3 Å². The number of hydrogen-bond donors (Lipinski definition) is 1. The fourth-order valence-electron chi connectivity index (χ4n) is 2.49. The molecule has 0 aliphatic heterocycles. The van der Waals surface area contributed by atoms with Gasteiger partial charge in [0.1, 0.15) is 5.82 Å². The Bertz CT molecular complexity index is 366. The van der Waals surface area contributed by atoms with Crippen molar-refractivity contribution in [3.8, 4) is 0 Å². The summed E-state index contributed by atoms with van der Waals surface area (Å²) in [4.78, 5) is 2.10. The minimum atomic E-state index is -0.141. The van der Waals surface area contributed by atoms with E-state index in [2.05, 4.69) is 25.7 Å². The molecule has 0 aliphatic rings. The van der Waals surface area contributed by atoms with Gasteiger partial charge in [0.25, 0.3) is 0 Å². The van der Waals surface area contributed by atoms with Crippen LogP contribution in [0.4, 0.5) is 10.1 Å². The van der Waals surface area contributed by atoms with Gasteiger partial charge >= 0.3 is 0 Å². The standard InChI is InChI=1S/C16H27FN2/c1-4-19(16-8-6-5-7-15(16)17)10-9-14(12-18)11-13(2)3/h5-8,13-14H,4,9-12,18H2,1-3H3. The topological polar surface area (TPSA) is 29.3 Å². The van der Waals surface area contributed by atoms with Gasteiger partial charge in [-0.2, -0.15) is 0 Å². The average molecular weight is 266 g/mol. The summed E-state index contributed by atoms with van der Waals surface area (Å²) in [6, 6.07) is 6.98. The molecule has 0 aromatic heterocycles. The van der Waals surface area contributed by atoms with Crippen LogP contribution < -0.4 is 10.6 Å². The number of benzene rings is 1. The van der Waals surface area contributed by atoms with Crippen molar-refractivity contribution in [2.24, 2.45) is 17.6 Å². The summed E-state index contributed by atoms with van der Waals surface area (Å²) in [6.07, 6.45) is 2.17. The Labute approximate surface area is 116 Å². The van der Waals surface area contributed by atoms with Gasteiger partial charge in [-0.1, -0.05) is 26.0 Å². The molecule has 0 bridgehead atoms. The highest BCUT2D eigenvalue weighted by Gasteiger charge is 2.13. The molecule has 1 rings (SSSR count). The molecule has 2 N–H and O–H groups in total. The Hall–Kier alpha value is -1.09. The Balaban J connectivity index is 2.60. The molecule has 0 fully saturated rings. The molecule has 1 atom stereocenters. The molecule has 2 nitrogen and oxygen atoms in total. The van der Waals surface area contributed by atoms with E-state index in [-0.39, 0.29) is 5.82 Å².